The Labute approximate surface area is 144 Å². The molecule has 0 atom stereocenters. The first kappa shape index (κ1) is 19.1. The van der Waals surface area contributed by atoms with Gasteiger partial charge >= 0.3 is 12.1 Å². The van der Waals surface area contributed by atoms with Crippen LogP contribution in [0.4, 0.5) is 19.0 Å². The van der Waals surface area contributed by atoms with Gasteiger partial charge in [0.25, 0.3) is 10.0 Å². The predicted molar refractivity (Wildman–Crippen MR) is 81.2 cm³/mol. The molecule has 0 aliphatic heterocycles. The van der Waals surface area contributed by atoms with Crippen LogP contribution in [-0.2, 0) is 28.0 Å². The van der Waals surface area contributed by atoms with Crippen LogP contribution in [-0.4, -0.2) is 38.4 Å². The summed E-state index contributed by atoms with van der Waals surface area (Å²) in [4.78, 5) is 11.5. The minimum atomic E-state index is -4.69. The van der Waals surface area contributed by atoms with Crippen molar-refractivity contribution >= 4 is 33.1 Å². The Kier molecular flexibility index (Phi) is 4.99. The molecule has 0 spiro atoms. The fourth-order valence-corrected chi connectivity index (χ4v) is 4.34. The number of esters is 1. The van der Waals surface area contributed by atoms with Crippen molar-refractivity contribution in [3.8, 4) is 5.75 Å². The molecule has 0 aromatic carbocycles. The third-order valence-electron chi connectivity index (χ3n) is 2.93. The molecule has 0 fully saturated rings. The third kappa shape index (κ3) is 3.87. The summed E-state index contributed by atoms with van der Waals surface area (Å²) < 4.78 is 74.5. The van der Waals surface area contributed by atoms with Crippen molar-refractivity contribution in [2.45, 2.75) is 10.4 Å². The van der Waals surface area contributed by atoms with Gasteiger partial charge in [-0.2, -0.15) is 18.3 Å². The summed E-state index contributed by atoms with van der Waals surface area (Å²) in [7, 11) is -1.00. The molecule has 0 radical (unpaired) electrons. The minimum Gasteiger partial charge on any atom is -0.494 e. The van der Waals surface area contributed by atoms with Gasteiger partial charge < -0.3 is 9.47 Å². The second-order valence-corrected chi connectivity index (χ2v) is 7.53. The maximum absolute atomic E-state index is 12.8. The Morgan fingerprint density at radius 2 is 1.96 bits per heavy atom. The first-order chi connectivity index (χ1) is 11.5. The van der Waals surface area contributed by atoms with Gasteiger partial charge in [0.1, 0.15) is 10.6 Å². The standard InChI is InChI=1S/C12H12F3N3O5S2/c1-18-8(12(13,14)15)5-9(16-18)17-25(20,21)11-6(22-2)4-7(24-11)10(19)23-3/h4-5H,1-3H3,(H,16,17). The van der Waals surface area contributed by atoms with Gasteiger partial charge in [0, 0.05) is 19.2 Å². The van der Waals surface area contributed by atoms with Crippen LogP contribution in [0.15, 0.2) is 16.3 Å². The highest BCUT2D eigenvalue weighted by atomic mass is 32.2. The number of sulfonamides is 1. The Morgan fingerprint density at radius 3 is 2.44 bits per heavy atom. The number of halogens is 3. The van der Waals surface area contributed by atoms with E-state index in [-0.39, 0.29) is 10.6 Å². The molecule has 0 saturated carbocycles. The minimum absolute atomic E-state index is 0.0447. The average Bonchev–Trinajstić information content (AvgIpc) is 3.09. The van der Waals surface area contributed by atoms with Gasteiger partial charge in [-0.15, -0.1) is 11.3 Å². The first-order valence-electron chi connectivity index (χ1n) is 6.39. The van der Waals surface area contributed by atoms with E-state index in [0.717, 1.165) is 20.2 Å². The highest BCUT2D eigenvalue weighted by Gasteiger charge is 2.36. The topological polar surface area (TPSA) is 99.5 Å². The van der Waals surface area contributed by atoms with Gasteiger partial charge in [-0.3, -0.25) is 9.40 Å². The molecule has 0 bridgehead atoms. The normalized spacial score (nSPS) is 12.1. The van der Waals surface area contributed by atoms with Crippen molar-refractivity contribution < 1.29 is 35.9 Å². The number of aromatic nitrogens is 2. The van der Waals surface area contributed by atoms with Crippen molar-refractivity contribution in [3.63, 3.8) is 0 Å². The summed E-state index contributed by atoms with van der Waals surface area (Å²) >= 11 is 0.553. The molecule has 0 amide bonds. The molecule has 8 nitrogen and oxygen atoms in total. The number of hydrogen-bond acceptors (Lipinski definition) is 7. The van der Waals surface area contributed by atoms with Gasteiger partial charge in [-0.1, -0.05) is 0 Å². The number of carbonyl (C=O) groups excluding carboxylic acids is 1. The van der Waals surface area contributed by atoms with Crippen LogP contribution in [0.5, 0.6) is 5.75 Å². The number of methoxy groups -OCH3 is 2. The summed E-state index contributed by atoms with van der Waals surface area (Å²) in [5.41, 5.74) is -1.13. The van der Waals surface area contributed by atoms with Crippen LogP contribution < -0.4 is 9.46 Å². The van der Waals surface area contributed by atoms with E-state index in [1.165, 1.54) is 7.11 Å². The predicted octanol–water partition coefficient (Wildman–Crippen LogP) is 2.10. The van der Waals surface area contributed by atoms with Crippen LogP contribution in [0.2, 0.25) is 0 Å². The number of hydrogen-bond donors (Lipinski definition) is 1. The first-order valence-corrected chi connectivity index (χ1v) is 8.69. The molecule has 13 heteroatoms. The molecule has 2 rings (SSSR count). The molecule has 1 N–H and O–H groups in total. The second kappa shape index (κ2) is 6.55. The zero-order valence-electron chi connectivity index (χ0n) is 13.0. The van der Waals surface area contributed by atoms with E-state index < -0.39 is 37.9 Å². The smallest absolute Gasteiger partial charge is 0.433 e. The number of ether oxygens (including phenoxy) is 2. The van der Waals surface area contributed by atoms with Crippen LogP contribution in [0, 0.1) is 0 Å². The van der Waals surface area contributed by atoms with E-state index >= 15 is 0 Å². The quantitative estimate of drug-likeness (QED) is 0.773. The molecule has 0 unspecified atom stereocenters. The fourth-order valence-electron chi connectivity index (χ4n) is 1.85. The van der Waals surface area contributed by atoms with E-state index in [9.17, 15) is 26.4 Å². The zero-order valence-corrected chi connectivity index (χ0v) is 14.7. The van der Waals surface area contributed by atoms with Crippen LogP contribution in [0.3, 0.4) is 0 Å². The van der Waals surface area contributed by atoms with E-state index in [1.807, 2.05) is 4.72 Å². The highest BCUT2D eigenvalue weighted by Crippen LogP contribution is 2.36. The molecular weight excluding hydrogens is 387 g/mol. The molecular formula is C12H12F3N3O5S2. The molecule has 2 heterocycles. The van der Waals surface area contributed by atoms with E-state index in [4.69, 9.17) is 4.74 Å². The number of nitrogens with zero attached hydrogens (tertiary/aromatic N) is 2. The summed E-state index contributed by atoms with van der Waals surface area (Å²) in [6.45, 7) is 0. The SMILES string of the molecule is COC(=O)c1cc(OC)c(S(=O)(=O)Nc2cc(C(F)(F)F)n(C)n2)s1. The molecule has 2 aromatic rings. The lowest BCUT2D eigenvalue weighted by molar-refractivity contribution is -0.143. The summed E-state index contributed by atoms with van der Waals surface area (Å²) in [6.07, 6.45) is -4.69. The molecule has 0 aliphatic rings. The number of aryl methyl sites for hydroxylation is 1. The second-order valence-electron chi connectivity index (χ2n) is 4.60. The number of carbonyl (C=O) groups is 1. The van der Waals surface area contributed by atoms with Gasteiger partial charge in [0.05, 0.1) is 14.2 Å². The monoisotopic (exact) mass is 399 g/mol. The van der Waals surface area contributed by atoms with E-state index in [1.54, 1.807) is 0 Å². The van der Waals surface area contributed by atoms with Crippen LogP contribution in [0.25, 0.3) is 0 Å². The van der Waals surface area contributed by atoms with Crippen molar-refractivity contribution in [2.24, 2.45) is 7.05 Å². The largest absolute Gasteiger partial charge is 0.494 e. The number of thiophene rings is 1. The fraction of sp³-hybridized carbons (Fsp3) is 0.333. The summed E-state index contributed by atoms with van der Waals surface area (Å²) in [5, 5.41) is 3.48. The number of anilines is 1. The van der Waals surface area contributed by atoms with Crippen LogP contribution >= 0.6 is 11.3 Å². The summed E-state index contributed by atoms with van der Waals surface area (Å²) in [5.74, 6) is -1.45. The van der Waals surface area contributed by atoms with E-state index in [2.05, 4.69) is 9.84 Å². The number of alkyl halides is 3. The Balaban J connectivity index is 2.40. The number of rotatable bonds is 5. The molecule has 2 aromatic heterocycles. The lowest BCUT2D eigenvalue weighted by atomic mass is 10.4. The highest BCUT2D eigenvalue weighted by molar-refractivity contribution is 7.94. The van der Waals surface area contributed by atoms with Gasteiger partial charge in [-0.25, -0.2) is 13.2 Å². The zero-order chi connectivity index (χ0) is 19.0. The lowest BCUT2D eigenvalue weighted by Gasteiger charge is -2.05. The van der Waals surface area contributed by atoms with Gasteiger partial charge in [0.15, 0.2) is 15.8 Å². The Morgan fingerprint density at radius 1 is 1.32 bits per heavy atom. The molecule has 0 aliphatic carbocycles. The van der Waals surface area contributed by atoms with Crippen molar-refractivity contribution in [2.75, 3.05) is 18.9 Å². The van der Waals surface area contributed by atoms with Crippen molar-refractivity contribution in [1.82, 2.24) is 9.78 Å². The third-order valence-corrected chi connectivity index (χ3v) is 5.89. The summed E-state index contributed by atoms with van der Waals surface area (Å²) in [6, 6.07) is 1.71. The van der Waals surface area contributed by atoms with E-state index in [0.29, 0.717) is 22.1 Å². The van der Waals surface area contributed by atoms with Crippen molar-refractivity contribution in [1.29, 1.82) is 0 Å². The van der Waals surface area contributed by atoms with Crippen LogP contribution in [0.1, 0.15) is 15.4 Å². The maximum atomic E-state index is 12.8. The maximum Gasteiger partial charge on any atom is 0.433 e. The molecule has 138 valence electrons. The van der Waals surface area contributed by atoms with Crippen molar-refractivity contribution in [3.05, 3.63) is 22.7 Å². The Hall–Kier alpha value is -2.28. The Bertz CT molecular complexity index is 902. The molecule has 0 saturated heterocycles. The lowest BCUT2D eigenvalue weighted by Crippen LogP contribution is -2.13. The van der Waals surface area contributed by atoms with Gasteiger partial charge in [0.2, 0.25) is 0 Å². The van der Waals surface area contributed by atoms with Gasteiger partial charge in [-0.05, 0) is 0 Å². The number of nitrogens with one attached hydrogen (secondary N) is 1. The average molecular weight is 399 g/mol. The molecule has 25 heavy (non-hydrogen) atoms.